The van der Waals surface area contributed by atoms with Crippen LogP contribution >= 0.6 is 11.6 Å². The van der Waals surface area contributed by atoms with Crippen molar-refractivity contribution in [3.8, 4) is 11.4 Å². The molecule has 138 valence electrons. The lowest BCUT2D eigenvalue weighted by molar-refractivity contribution is -0.141. The summed E-state index contributed by atoms with van der Waals surface area (Å²) in [5, 5.41) is 4.81. The zero-order valence-corrected chi connectivity index (χ0v) is 15.6. The number of rotatable bonds is 3. The fraction of sp³-hybridized carbons (Fsp3) is 0.550. The Morgan fingerprint density at radius 2 is 1.77 bits per heavy atom. The van der Waals surface area contributed by atoms with Gasteiger partial charge in [-0.25, -0.2) is 0 Å². The highest BCUT2D eigenvalue weighted by Crippen LogP contribution is 2.35. The van der Waals surface area contributed by atoms with Crippen LogP contribution in [0.1, 0.15) is 63.3 Å². The number of amides is 1. The van der Waals surface area contributed by atoms with Crippen molar-refractivity contribution in [1.82, 2.24) is 15.0 Å². The van der Waals surface area contributed by atoms with E-state index >= 15 is 0 Å². The summed E-state index contributed by atoms with van der Waals surface area (Å²) < 4.78 is 5.57. The van der Waals surface area contributed by atoms with Crippen LogP contribution in [0.3, 0.4) is 0 Å². The zero-order valence-electron chi connectivity index (χ0n) is 14.9. The van der Waals surface area contributed by atoms with Crippen LogP contribution in [0.4, 0.5) is 0 Å². The van der Waals surface area contributed by atoms with Gasteiger partial charge in [0.15, 0.2) is 0 Å². The number of carbonyl (C=O) groups excluding carboxylic acids is 1. The number of piperidine rings is 1. The van der Waals surface area contributed by atoms with Crippen LogP contribution in [-0.4, -0.2) is 27.5 Å². The molecule has 1 saturated heterocycles. The minimum absolute atomic E-state index is 0.0910. The quantitative estimate of drug-likeness (QED) is 0.757. The van der Waals surface area contributed by atoms with E-state index in [1.54, 1.807) is 0 Å². The third kappa shape index (κ3) is 3.63. The number of hydrogen-bond acceptors (Lipinski definition) is 4. The number of likely N-dealkylation sites (tertiary alicyclic amines) is 1. The first kappa shape index (κ1) is 17.5. The SMILES string of the molecule is O=C(C1CCCCC1)N1CCCC[C@@H]1c1nc(-c2ccc(Cl)cc2)no1. The maximum Gasteiger partial charge on any atom is 0.249 e. The molecule has 0 bridgehead atoms. The summed E-state index contributed by atoms with van der Waals surface area (Å²) in [6.07, 6.45) is 8.63. The first-order valence-corrected chi connectivity index (χ1v) is 10.0. The molecule has 6 heteroatoms. The fourth-order valence-electron chi connectivity index (χ4n) is 4.12. The van der Waals surface area contributed by atoms with Gasteiger partial charge >= 0.3 is 0 Å². The molecule has 1 aromatic carbocycles. The average Bonchev–Trinajstić information content (AvgIpc) is 3.19. The average molecular weight is 374 g/mol. The molecule has 0 N–H and O–H groups in total. The van der Waals surface area contributed by atoms with Crippen molar-refractivity contribution in [2.75, 3.05) is 6.54 Å². The fourth-order valence-corrected chi connectivity index (χ4v) is 4.25. The maximum atomic E-state index is 13.1. The molecule has 1 amide bonds. The van der Waals surface area contributed by atoms with E-state index in [0.29, 0.717) is 16.7 Å². The van der Waals surface area contributed by atoms with E-state index in [-0.39, 0.29) is 17.9 Å². The highest BCUT2D eigenvalue weighted by molar-refractivity contribution is 6.30. The molecule has 1 aromatic heterocycles. The third-order valence-corrected chi connectivity index (χ3v) is 5.82. The maximum absolute atomic E-state index is 13.1. The Morgan fingerprint density at radius 1 is 1.04 bits per heavy atom. The molecule has 1 saturated carbocycles. The highest BCUT2D eigenvalue weighted by Gasteiger charge is 2.35. The first-order chi connectivity index (χ1) is 12.7. The second-order valence-electron chi connectivity index (χ2n) is 7.34. The molecular weight excluding hydrogens is 350 g/mol. The summed E-state index contributed by atoms with van der Waals surface area (Å²) in [4.78, 5) is 19.7. The molecule has 4 rings (SSSR count). The third-order valence-electron chi connectivity index (χ3n) is 5.57. The summed E-state index contributed by atoms with van der Waals surface area (Å²) in [6, 6.07) is 7.29. The van der Waals surface area contributed by atoms with E-state index in [1.807, 2.05) is 29.2 Å². The zero-order chi connectivity index (χ0) is 17.9. The molecule has 2 fully saturated rings. The lowest BCUT2D eigenvalue weighted by Gasteiger charge is -2.36. The molecule has 2 aromatic rings. The molecule has 0 unspecified atom stereocenters. The normalized spacial score (nSPS) is 21.7. The Balaban J connectivity index is 1.54. The van der Waals surface area contributed by atoms with Crippen molar-refractivity contribution >= 4 is 17.5 Å². The van der Waals surface area contributed by atoms with Gasteiger partial charge in [0, 0.05) is 23.0 Å². The topological polar surface area (TPSA) is 59.2 Å². The van der Waals surface area contributed by atoms with Gasteiger partial charge in [0.25, 0.3) is 0 Å². The van der Waals surface area contributed by atoms with Gasteiger partial charge in [-0.3, -0.25) is 4.79 Å². The van der Waals surface area contributed by atoms with Crippen LogP contribution < -0.4 is 0 Å². The second-order valence-corrected chi connectivity index (χ2v) is 7.78. The van der Waals surface area contributed by atoms with Gasteiger partial charge in [0.1, 0.15) is 6.04 Å². The largest absolute Gasteiger partial charge is 0.337 e. The molecule has 5 nitrogen and oxygen atoms in total. The van der Waals surface area contributed by atoms with E-state index in [4.69, 9.17) is 16.1 Å². The molecular formula is C20H24ClN3O2. The van der Waals surface area contributed by atoms with E-state index in [9.17, 15) is 4.79 Å². The molecule has 0 spiro atoms. The van der Waals surface area contributed by atoms with Crippen LogP contribution in [-0.2, 0) is 4.79 Å². The van der Waals surface area contributed by atoms with Crippen LogP contribution in [0.15, 0.2) is 28.8 Å². The Labute approximate surface area is 158 Å². The number of carbonyl (C=O) groups is 1. The first-order valence-electron chi connectivity index (χ1n) is 9.62. The number of aromatic nitrogens is 2. The van der Waals surface area contributed by atoms with E-state index in [2.05, 4.69) is 10.1 Å². The Kier molecular flexibility index (Phi) is 5.25. The van der Waals surface area contributed by atoms with Crippen LogP contribution in [0, 0.1) is 5.92 Å². The monoisotopic (exact) mass is 373 g/mol. The number of hydrogen-bond donors (Lipinski definition) is 0. The molecule has 1 atom stereocenters. The molecule has 26 heavy (non-hydrogen) atoms. The summed E-state index contributed by atoms with van der Waals surface area (Å²) in [6.45, 7) is 0.790. The standard InChI is InChI=1S/C20H24ClN3O2/c21-16-11-9-14(10-12-16)18-22-19(26-23-18)17-8-4-5-13-24(17)20(25)15-6-2-1-3-7-15/h9-12,15,17H,1-8,13H2/t17-/m1/s1. The minimum Gasteiger partial charge on any atom is -0.337 e. The smallest absolute Gasteiger partial charge is 0.249 e. The molecule has 1 aliphatic heterocycles. The molecule has 1 aliphatic carbocycles. The van der Waals surface area contributed by atoms with Gasteiger partial charge in [-0.1, -0.05) is 36.0 Å². The van der Waals surface area contributed by atoms with Gasteiger partial charge in [-0.2, -0.15) is 4.98 Å². The lowest BCUT2D eigenvalue weighted by atomic mass is 9.87. The van der Waals surface area contributed by atoms with E-state index in [0.717, 1.165) is 57.1 Å². The van der Waals surface area contributed by atoms with Gasteiger partial charge in [-0.05, 0) is 56.4 Å². The summed E-state index contributed by atoms with van der Waals surface area (Å²) in [7, 11) is 0. The summed E-state index contributed by atoms with van der Waals surface area (Å²) in [5.74, 6) is 1.55. The Morgan fingerprint density at radius 3 is 2.54 bits per heavy atom. The van der Waals surface area contributed by atoms with E-state index in [1.165, 1.54) is 6.42 Å². The van der Waals surface area contributed by atoms with Crippen LogP contribution in [0.5, 0.6) is 0 Å². The van der Waals surface area contributed by atoms with Gasteiger partial charge in [-0.15, -0.1) is 0 Å². The highest BCUT2D eigenvalue weighted by atomic mass is 35.5. The van der Waals surface area contributed by atoms with Crippen molar-refractivity contribution in [1.29, 1.82) is 0 Å². The Hall–Kier alpha value is -1.88. The number of halogens is 1. The van der Waals surface area contributed by atoms with Gasteiger partial charge in [0.05, 0.1) is 0 Å². The number of benzene rings is 1. The van der Waals surface area contributed by atoms with Gasteiger partial charge in [0.2, 0.25) is 17.6 Å². The minimum atomic E-state index is -0.0910. The molecule has 0 radical (unpaired) electrons. The van der Waals surface area contributed by atoms with Crippen molar-refractivity contribution in [3.05, 3.63) is 35.2 Å². The lowest BCUT2D eigenvalue weighted by Crippen LogP contribution is -2.42. The Bertz CT molecular complexity index is 753. The van der Waals surface area contributed by atoms with Gasteiger partial charge < -0.3 is 9.42 Å². The van der Waals surface area contributed by atoms with Crippen molar-refractivity contribution < 1.29 is 9.32 Å². The predicted molar refractivity (Wildman–Crippen MR) is 99.6 cm³/mol. The van der Waals surface area contributed by atoms with E-state index < -0.39 is 0 Å². The summed E-state index contributed by atoms with van der Waals surface area (Å²) in [5.41, 5.74) is 0.866. The summed E-state index contributed by atoms with van der Waals surface area (Å²) >= 11 is 5.95. The number of nitrogens with zero attached hydrogens (tertiary/aromatic N) is 3. The van der Waals surface area contributed by atoms with Crippen molar-refractivity contribution in [2.24, 2.45) is 5.92 Å². The predicted octanol–water partition coefficient (Wildman–Crippen LogP) is 5.02. The van der Waals surface area contributed by atoms with Crippen molar-refractivity contribution in [2.45, 2.75) is 57.4 Å². The molecule has 2 heterocycles. The van der Waals surface area contributed by atoms with Crippen LogP contribution in [0.25, 0.3) is 11.4 Å². The molecule has 2 aliphatic rings. The van der Waals surface area contributed by atoms with Crippen LogP contribution in [0.2, 0.25) is 5.02 Å². The second kappa shape index (κ2) is 7.78. The van der Waals surface area contributed by atoms with Crippen molar-refractivity contribution in [3.63, 3.8) is 0 Å².